The number of aromatic nitrogens is 8. The van der Waals surface area contributed by atoms with Crippen molar-refractivity contribution in [1.82, 2.24) is 44.0 Å². The van der Waals surface area contributed by atoms with Crippen LogP contribution in [0.5, 0.6) is 0 Å². The molecule has 0 radical (unpaired) electrons. The van der Waals surface area contributed by atoms with Gasteiger partial charge in [0.2, 0.25) is 17.8 Å². The predicted molar refractivity (Wildman–Crippen MR) is 147 cm³/mol. The van der Waals surface area contributed by atoms with Crippen molar-refractivity contribution in [3.05, 3.63) is 67.1 Å². The van der Waals surface area contributed by atoms with E-state index in [9.17, 15) is 13.2 Å². The summed E-state index contributed by atoms with van der Waals surface area (Å²) in [6, 6.07) is 7.64. The molecule has 0 spiro atoms. The number of rotatable bonds is 7. The summed E-state index contributed by atoms with van der Waals surface area (Å²) in [7, 11) is 0. The number of fused-ring (bicyclic) bond motifs is 1. The molecule has 0 atom stereocenters. The number of benzene rings is 1. The average Bonchev–Trinajstić information content (AvgIpc) is 3.65. The highest BCUT2D eigenvalue weighted by atomic mass is 19.4. The van der Waals surface area contributed by atoms with E-state index in [1.165, 1.54) is 23.4 Å². The molecule has 1 saturated heterocycles. The molecule has 0 aliphatic carbocycles. The summed E-state index contributed by atoms with van der Waals surface area (Å²) in [5.74, 6) is 0.747. The third-order valence-corrected chi connectivity index (χ3v) is 6.79. The molecule has 0 saturated carbocycles. The minimum absolute atomic E-state index is 0.0922. The van der Waals surface area contributed by atoms with Crippen LogP contribution in [0.4, 0.5) is 42.4 Å². The molecule has 1 aromatic carbocycles. The maximum Gasteiger partial charge on any atom is 0.416 e. The van der Waals surface area contributed by atoms with Crippen molar-refractivity contribution in [2.24, 2.45) is 0 Å². The van der Waals surface area contributed by atoms with Gasteiger partial charge in [-0.15, -0.1) is 0 Å². The predicted octanol–water partition coefficient (Wildman–Crippen LogP) is 4.14. The molecule has 15 heteroatoms. The SMILES string of the molecule is CC(C)N1CCN(c2nc(Nc3cc(-n4cncn4)cc(C(F)(F)F)c3)nc(Nc3ccn4ccnc4c3)n2)CC1. The van der Waals surface area contributed by atoms with E-state index in [0.29, 0.717) is 30.8 Å². The number of hydrogen-bond acceptors (Lipinski definition) is 10. The molecule has 0 amide bonds. The number of imidazole rings is 1. The molecule has 1 fully saturated rings. The van der Waals surface area contributed by atoms with E-state index >= 15 is 0 Å². The minimum atomic E-state index is -4.58. The fourth-order valence-corrected chi connectivity index (χ4v) is 4.62. The van der Waals surface area contributed by atoms with Crippen LogP contribution in [-0.4, -0.2) is 76.2 Å². The molecule has 0 bridgehead atoms. The summed E-state index contributed by atoms with van der Waals surface area (Å²) < 4.78 is 44.5. The van der Waals surface area contributed by atoms with Gasteiger partial charge in [-0.1, -0.05) is 0 Å². The number of piperazine rings is 1. The van der Waals surface area contributed by atoms with Crippen LogP contribution in [0.1, 0.15) is 19.4 Å². The summed E-state index contributed by atoms with van der Waals surface area (Å²) in [5.41, 5.74) is 0.904. The second-order valence-corrected chi connectivity index (χ2v) is 9.86. The molecule has 212 valence electrons. The van der Waals surface area contributed by atoms with Gasteiger partial charge < -0.3 is 19.9 Å². The van der Waals surface area contributed by atoms with Gasteiger partial charge in [-0.2, -0.15) is 33.2 Å². The second-order valence-electron chi connectivity index (χ2n) is 9.86. The fraction of sp³-hybridized carbons (Fsp3) is 0.308. The molecular weight excluding hydrogens is 537 g/mol. The maximum absolute atomic E-state index is 13.8. The number of alkyl halides is 3. The van der Waals surface area contributed by atoms with Gasteiger partial charge in [-0.25, -0.2) is 14.6 Å². The monoisotopic (exact) mass is 564 g/mol. The normalized spacial score (nSPS) is 14.6. The molecule has 5 aromatic rings. The topological polar surface area (TPSA) is 117 Å². The molecule has 12 nitrogen and oxygen atoms in total. The minimum Gasteiger partial charge on any atom is -0.338 e. The Labute approximate surface area is 232 Å². The lowest BCUT2D eigenvalue weighted by atomic mass is 10.1. The Balaban J connectivity index is 1.35. The third kappa shape index (κ3) is 5.89. The van der Waals surface area contributed by atoms with Crippen LogP contribution >= 0.6 is 0 Å². The van der Waals surface area contributed by atoms with E-state index in [4.69, 9.17) is 0 Å². The van der Waals surface area contributed by atoms with Gasteiger partial charge in [0.1, 0.15) is 18.3 Å². The van der Waals surface area contributed by atoms with Crippen molar-refractivity contribution in [3.8, 4) is 5.69 Å². The van der Waals surface area contributed by atoms with E-state index in [-0.39, 0.29) is 23.3 Å². The van der Waals surface area contributed by atoms with Crippen molar-refractivity contribution in [2.45, 2.75) is 26.1 Å². The molecule has 4 aromatic heterocycles. The molecular formula is C26H27F3N12. The van der Waals surface area contributed by atoms with Crippen LogP contribution in [0, 0.1) is 0 Å². The van der Waals surface area contributed by atoms with E-state index in [1.54, 1.807) is 6.20 Å². The van der Waals surface area contributed by atoms with Gasteiger partial charge >= 0.3 is 6.18 Å². The second kappa shape index (κ2) is 10.6. The lowest BCUT2D eigenvalue weighted by molar-refractivity contribution is -0.137. The summed E-state index contributed by atoms with van der Waals surface area (Å²) in [4.78, 5) is 26.3. The first-order chi connectivity index (χ1) is 19.7. The van der Waals surface area contributed by atoms with Gasteiger partial charge in [0.25, 0.3) is 0 Å². The number of nitrogens with zero attached hydrogens (tertiary/aromatic N) is 10. The largest absolute Gasteiger partial charge is 0.416 e. The highest BCUT2D eigenvalue weighted by Gasteiger charge is 2.32. The summed E-state index contributed by atoms with van der Waals surface area (Å²) >= 11 is 0. The van der Waals surface area contributed by atoms with Gasteiger partial charge in [0.15, 0.2) is 0 Å². The molecule has 1 aliphatic rings. The Hall–Kier alpha value is -4.79. The van der Waals surface area contributed by atoms with Crippen LogP contribution in [0.3, 0.4) is 0 Å². The highest BCUT2D eigenvalue weighted by molar-refractivity contribution is 5.64. The lowest BCUT2D eigenvalue weighted by Gasteiger charge is -2.36. The zero-order chi connectivity index (χ0) is 28.6. The van der Waals surface area contributed by atoms with Crippen LogP contribution in [0.15, 0.2) is 61.6 Å². The molecule has 1 aliphatic heterocycles. The maximum atomic E-state index is 13.8. The third-order valence-electron chi connectivity index (χ3n) is 6.79. The number of hydrogen-bond donors (Lipinski definition) is 2. The highest BCUT2D eigenvalue weighted by Crippen LogP contribution is 2.33. The zero-order valence-electron chi connectivity index (χ0n) is 22.3. The Morgan fingerprint density at radius 3 is 2.32 bits per heavy atom. The first-order valence-electron chi connectivity index (χ1n) is 13.0. The van der Waals surface area contributed by atoms with Crippen molar-refractivity contribution in [2.75, 3.05) is 41.7 Å². The summed E-state index contributed by atoms with van der Waals surface area (Å²) in [6.45, 7) is 7.37. The molecule has 5 heterocycles. The molecule has 41 heavy (non-hydrogen) atoms. The Bertz CT molecular complexity index is 1640. The van der Waals surface area contributed by atoms with Crippen LogP contribution in [-0.2, 0) is 6.18 Å². The summed E-state index contributed by atoms with van der Waals surface area (Å²) in [6.07, 6.45) is 3.39. The number of halogens is 3. The van der Waals surface area contributed by atoms with Gasteiger partial charge in [0, 0.05) is 68.3 Å². The zero-order valence-corrected chi connectivity index (χ0v) is 22.3. The Morgan fingerprint density at radius 1 is 0.878 bits per heavy atom. The van der Waals surface area contributed by atoms with Crippen molar-refractivity contribution in [1.29, 1.82) is 0 Å². The number of pyridine rings is 1. The smallest absolute Gasteiger partial charge is 0.338 e. The quantitative estimate of drug-likeness (QED) is 0.299. The van der Waals surface area contributed by atoms with E-state index in [2.05, 4.69) is 59.4 Å². The van der Waals surface area contributed by atoms with Gasteiger partial charge in [-0.3, -0.25) is 4.90 Å². The lowest BCUT2D eigenvalue weighted by Crippen LogP contribution is -2.49. The molecule has 2 N–H and O–H groups in total. The average molecular weight is 565 g/mol. The Kier molecular flexibility index (Phi) is 6.86. The number of nitrogens with one attached hydrogen (secondary N) is 2. The van der Waals surface area contributed by atoms with E-state index in [0.717, 1.165) is 30.9 Å². The van der Waals surface area contributed by atoms with Crippen molar-refractivity contribution < 1.29 is 13.2 Å². The van der Waals surface area contributed by atoms with Gasteiger partial charge in [0.05, 0.1) is 11.3 Å². The fourth-order valence-electron chi connectivity index (χ4n) is 4.62. The van der Waals surface area contributed by atoms with Crippen molar-refractivity contribution >= 4 is 34.9 Å². The van der Waals surface area contributed by atoms with Crippen molar-refractivity contribution in [3.63, 3.8) is 0 Å². The Morgan fingerprint density at radius 2 is 1.63 bits per heavy atom. The first-order valence-corrected chi connectivity index (χ1v) is 13.0. The van der Waals surface area contributed by atoms with Crippen LogP contribution in [0.2, 0.25) is 0 Å². The summed E-state index contributed by atoms with van der Waals surface area (Å²) in [5, 5.41) is 10.1. The van der Waals surface area contributed by atoms with Crippen LogP contribution in [0.25, 0.3) is 11.3 Å². The molecule has 0 unspecified atom stereocenters. The van der Waals surface area contributed by atoms with Crippen LogP contribution < -0.4 is 15.5 Å². The number of anilines is 5. The van der Waals surface area contributed by atoms with Gasteiger partial charge in [-0.05, 0) is 38.1 Å². The van der Waals surface area contributed by atoms with E-state index in [1.807, 2.05) is 33.8 Å². The molecule has 6 rings (SSSR count). The van der Waals surface area contributed by atoms with E-state index < -0.39 is 11.7 Å². The first kappa shape index (κ1) is 26.4. The standard InChI is InChI=1S/C26H27F3N12/c1-17(2)38-7-9-40(10-8-38)25-36-23(33-19-3-5-39-6-4-31-22(39)14-19)35-24(37-25)34-20-11-18(26(27,28)29)12-21(13-20)41-16-30-15-32-41/h3-6,11-17H,7-10H2,1-2H3,(H2,33,34,35,36,37).